The highest BCUT2D eigenvalue weighted by Crippen LogP contribution is 2.27. The molecule has 0 bridgehead atoms. The lowest BCUT2D eigenvalue weighted by Gasteiger charge is -2.17. The maximum absolute atomic E-state index is 11.9. The minimum Gasteiger partial charge on any atom is -0.311 e. The minimum absolute atomic E-state index is 0.00444. The van der Waals surface area contributed by atoms with Crippen LogP contribution in [0.1, 0.15) is 31.7 Å². The van der Waals surface area contributed by atoms with Crippen LogP contribution in [0.5, 0.6) is 0 Å². The van der Waals surface area contributed by atoms with Gasteiger partial charge in [-0.25, -0.2) is 0 Å². The Hall–Kier alpha value is -0.830. The number of alkyl halides is 1. The van der Waals surface area contributed by atoms with Crippen molar-refractivity contribution < 1.29 is 4.79 Å². The largest absolute Gasteiger partial charge is 0.311 e. The third-order valence-electron chi connectivity index (χ3n) is 2.99. The van der Waals surface area contributed by atoms with Crippen LogP contribution in [0.4, 0.5) is 5.69 Å². The van der Waals surface area contributed by atoms with Gasteiger partial charge in [0.2, 0.25) is 5.91 Å². The number of benzene rings is 1. The average molecular weight is 282 g/mol. The van der Waals surface area contributed by atoms with Gasteiger partial charge in [0, 0.05) is 12.2 Å². The van der Waals surface area contributed by atoms with Crippen LogP contribution in [-0.4, -0.2) is 17.3 Å². The molecule has 1 amide bonds. The fraction of sp³-hybridized carbons (Fsp3) is 0.462. The molecule has 1 aliphatic rings. The third kappa shape index (κ3) is 2.14. The molecule has 1 saturated heterocycles. The van der Waals surface area contributed by atoms with E-state index in [9.17, 15) is 4.79 Å². The molecule has 1 aliphatic heterocycles. The van der Waals surface area contributed by atoms with Gasteiger partial charge in [0.15, 0.2) is 0 Å². The molecule has 0 spiro atoms. The molecule has 1 aromatic carbocycles. The standard InChI is InChI=1S/C13H16BrNO/c1-9(2)10-4-3-5-11(8-10)15-7-6-12(14)13(15)16/h3-5,8-9,12H,6-7H2,1-2H3. The van der Waals surface area contributed by atoms with Gasteiger partial charge in [-0.15, -0.1) is 0 Å². The van der Waals surface area contributed by atoms with Gasteiger partial charge in [0.25, 0.3) is 0 Å². The van der Waals surface area contributed by atoms with E-state index in [0.29, 0.717) is 5.92 Å². The molecule has 0 aliphatic carbocycles. The smallest absolute Gasteiger partial charge is 0.240 e. The molecule has 1 heterocycles. The summed E-state index contributed by atoms with van der Waals surface area (Å²) < 4.78 is 0. The van der Waals surface area contributed by atoms with E-state index in [2.05, 4.69) is 41.9 Å². The zero-order chi connectivity index (χ0) is 11.7. The number of amides is 1. The highest BCUT2D eigenvalue weighted by atomic mass is 79.9. The Morgan fingerprint density at radius 1 is 1.44 bits per heavy atom. The molecule has 86 valence electrons. The first-order valence-corrected chi connectivity index (χ1v) is 6.56. The predicted octanol–water partition coefficient (Wildman–Crippen LogP) is 3.31. The second-order valence-corrected chi connectivity index (χ2v) is 5.60. The highest BCUT2D eigenvalue weighted by Gasteiger charge is 2.30. The van der Waals surface area contributed by atoms with Gasteiger partial charge >= 0.3 is 0 Å². The van der Waals surface area contributed by atoms with E-state index in [1.165, 1.54) is 5.56 Å². The van der Waals surface area contributed by atoms with Crippen LogP contribution in [0, 0.1) is 0 Å². The summed E-state index contributed by atoms with van der Waals surface area (Å²) in [5, 5.41) is 0. The van der Waals surface area contributed by atoms with Gasteiger partial charge < -0.3 is 4.90 Å². The predicted molar refractivity (Wildman–Crippen MR) is 70.2 cm³/mol. The first-order valence-electron chi connectivity index (χ1n) is 5.65. The van der Waals surface area contributed by atoms with Crippen molar-refractivity contribution in [2.75, 3.05) is 11.4 Å². The van der Waals surface area contributed by atoms with Gasteiger partial charge in [0.05, 0.1) is 4.83 Å². The van der Waals surface area contributed by atoms with Crippen LogP contribution >= 0.6 is 15.9 Å². The summed E-state index contributed by atoms with van der Waals surface area (Å²) in [6, 6.07) is 8.27. The number of carbonyl (C=O) groups is 1. The number of carbonyl (C=O) groups excluding carboxylic acids is 1. The molecular formula is C13H16BrNO. The molecule has 1 unspecified atom stereocenters. The van der Waals surface area contributed by atoms with Crippen molar-refractivity contribution in [2.24, 2.45) is 0 Å². The SMILES string of the molecule is CC(C)c1cccc(N2CCC(Br)C2=O)c1. The van der Waals surface area contributed by atoms with Crippen LogP contribution in [0.25, 0.3) is 0 Å². The Labute approximate surface area is 105 Å². The normalized spacial score (nSPS) is 20.9. The third-order valence-corrected chi connectivity index (χ3v) is 3.84. The fourth-order valence-electron chi connectivity index (χ4n) is 1.95. The van der Waals surface area contributed by atoms with Gasteiger partial charge in [0.1, 0.15) is 0 Å². The van der Waals surface area contributed by atoms with E-state index < -0.39 is 0 Å². The van der Waals surface area contributed by atoms with Gasteiger partial charge in [-0.3, -0.25) is 4.79 Å². The molecule has 0 radical (unpaired) electrons. The molecule has 1 aromatic rings. The lowest BCUT2D eigenvalue weighted by atomic mass is 10.0. The van der Waals surface area contributed by atoms with Crippen molar-refractivity contribution >= 4 is 27.5 Å². The summed E-state index contributed by atoms with van der Waals surface area (Å²) in [6.07, 6.45) is 0.894. The number of halogens is 1. The van der Waals surface area contributed by atoms with Crippen LogP contribution in [-0.2, 0) is 4.79 Å². The lowest BCUT2D eigenvalue weighted by molar-refractivity contribution is -0.116. The topological polar surface area (TPSA) is 20.3 Å². The summed E-state index contributed by atoms with van der Waals surface area (Å²) >= 11 is 3.40. The molecule has 2 nitrogen and oxygen atoms in total. The van der Waals surface area contributed by atoms with Crippen LogP contribution < -0.4 is 4.90 Å². The lowest BCUT2D eigenvalue weighted by Crippen LogP contribution is -2.27. The van der Waals surface area contributed by atoms with Crippen molar-refractivity contribution in [2.45, 2.75) is 31.0 Å². The zero-order valence-electron chi connectivity index (χ0n) is 9.61. The summed E-state index contributed by atoms with van der Waals surface area (Å²) in [5.74, 6) is 0.679. The van der Waals surface area contributed by atoms with Crippen molar-refractivity contribution in [1.82, 2.24) is 0 Å². The fourth-order valence-corrected chi connectivity index (χ4v) is 2.41. The molecule has 1 atom stereocenters. The molecule has 0 aromatic heterocycles. The van der Waals surface area contributed by atoms with E-state index in [4.69, 9.17) is 0 Å². The van der Waals surface area contributed by atoms with Crippen molar-refractivity contribution in [3.63, 3.8) is 0 Å². The van der Waals surface area contributed by atoms with Crippen molar-refractivity contribution in [3.8, 4) is 0 Å². The van der Waals surface area contributed by atoms with E-state index >= 15 is 0 Å². The molecule has 0 saturated carbocycles. The van der Waals surface area contributed by atoms with Gasteiger partial charge in [-0.2, -0.15) is 0 Å². The van der Waals surface area contributed by atoms with E-state index in [-0.39, 0.29) is 10.7 Å². The summed E-state index contributed by atoms with van der Waals surface area (Å²) in [4.78, 5) is 13.7. The van der Waals surface area contributed by atoms with Crippen LogP contribution in [0.15, 0.2) is 24.3 Å². The van der Waals surface area contributed by atoms with Gasteiger partial charge in [-0.1, -0.05) is 41.9 Å². The summed E-state index contributed by atoms with van der Waals surface area (Å²) in [5.41, 5.74) is 2.31. The molecule has 3 heteroatoms. The van der Waals surface area contributed by atoms with E-state index in [0.717, 1.165) is 18.7 Å². The number of nitrogens with zero attached hydrogens (tertiary/aromatic N) is 1. The minimum atomic E-state index is -0.00444. The summed E-state index contributed by atoms with van der Waals surface area (Å²) in [6.45, 7) is 5.15. The summed E-state index contributed by atoms with van der Waals surface area (Å²) in [7, 11) is 0. The molecule has 16 heavy (non-hydrogen) atoms. The zero-order valence-corrected chi connectivity index (χ0v) is 11.2. The van der Waals surface area contributed by atoms with E-state index in [1.807, 2.05) is 17.0 Å². The highest BCUT2D eigenvalue weighted by molar-refractivity contribution is 9.10. The Kier molecular flexibility index (Phi) is 3.33. The molecule has 2 rings (SSSR count). The molecular weight excluding hydrogens is 266 g/mol. The van der Waals surface area contributed by atoms with Crippen molar-refractivity contribution in [3.05, 3.63) is 29.8 Å². The number of anilines is 1. The number of hydrogen-bond acceptors (Lipinski definition) is 1. The van der Waals surface area contributed by atoms with Crippen LogP contribution in [0.3, 0.4) is 0 Å². The monoisotopic (exact) mass is 281 g/mol. The maximum Gasteiger partial charge on any atom is 0.240 e. The molecule has 0 N–H and O–H groups in total. The van der Waals surface area contributed by atoms with Gasteiger partial charge in [-0.05, 0) is 30.0 Å². The molecule has 1 fully saturated rings. The van der Waals surface area contributed by atoms with E-state index in [1.54, 1.807) is 0 Å². The second-order valence-electron chi connectivity index (χ2n) is 4.50. The Morgan fingerprint density at radius 3 is 2.75 bits per heavy atom. The average Bonchev–Trinajstić information content (AvgIpc) is 2.60. The Bertz CT molecular complexity index is 403. The Morgan fingerprint density at radius 2 is 2.19 bits per heavy atom. The number of hydrogen-bond donors (Lipinski definition) is 0. The maximum atomic E-state index is 11.9. The van der Waals surface area contributed by atoms with Crippen molar-refractivity contribution in [1.29, 1.82) is 0 Å². The number of rotatable bonds is 2. The van der Waals surface area contributed by atoms with Crippen LogP contribution in [0.2, 0.25) is 0 Å². The first-order chi connectivity index (χ1) is 7.59. The Balaban J connectivity index is 2.27. The first kappa shape index (κ1) is 11.6. The second kappa shape index (κ2) is 4.58. The quantitative estimate of drug-likeness (QED) is 0.762.